The summed E-state index contributed by atoms with van der Waals surface area (Å²) in [6.45, 7) is 4.79. The molecule has 0 fully saturated rings. The van der Waals surface area contributed by atoms with E-state index in [9.17, 15) is 19.8 Å². The number of hydrogen-bond acceptors (Lipinski definition) is 5. The number of aliphatic hydroxyl groups is 2. The molecule has 0 rings (SSSR count). The third-order valence-corrected chi connectivity index (χ3v) is 12.3. The van der Waals surface area contributed by atoms with Crippen LogP contribution in [0.2, 0.25) is 0 Å². The van der Waals surface area contributed by atoms with Gasteiger partial charge in [-0.05, 0) is 89.9 Å². The Morgan fingerprint density at radius 1 is 0.444 bits per heavy atom. The number of allylic oxidation sites excluding steroid dienone is 7. The van der Waals surface area contributed by atoms with Gasteiger partial charge in [0.05, 0.1) is 25.4 Å². The van der Waals surface area contributed by atoms with Crippen LogP contribution in [0.4, 0.5) is 0 Å². The van der Waals surface area contributed by atoms with Crippen LogP contribution >= 0.6 is 0 Å². The van der Waals surface area contributed by atoms with E-state index >= 15 is 0 Å². The number of esters is 1. The van der Waals surface area contributed by atoms with Crippen molar-refractivity contribution in [2.45, 2.75) is 289 Å². The van der Waals surface area contributed by atoms with Gasteiger partial charge < -0.3 is 20.3 Å². The van der Waals surface area contributed by atoms with E-state index in [1.807, 2.05) is 6.08 Å². The van der Waals surface area contributed by atoms with Gasteiger partial charge in [-0.2, -0.15) is 0 Å². The Morgan fingerprint density at radius 3 is 1.25 bits per heavy atom. The van der Waals surface area contributed by atoms with Gasteiger partial charge >= 0.3 is 5.97 Å². The minimum atomic E-state index is -0.868. The second-order valence-corrected chi connectivity index (χ2v) is 18.5. The molecule has 0 aromatic heterocycles. The Kier molecular flexibility index (Phi) is 50.6. The molecule has 0 aliphatic heterocycles. The van der Waals surface area contributed by atoms with E-state index in [2.05, 4.69) is 55.6 Å². The van der Waals surface area contributed by atoms with Crippen LogP contribution in [0.15, 0.2) is 48.6 Å². The van der Waals surface area contributed by atoms with Crippen LogP contribution < -0.4 is 5.32 Å². The van der Waals surface area contributed by atoms with Crippen molar-refractivity contribution < 1.29 is 24.5 Å². The van der Waals surface area contributed by atoms with E-state index in [4.69, 9.17) is 4.74 Å². The number of nitrogens with one attached hydrogen (secondary N) is 1. The Morgan fingerprint density at radius 2 is 0.794 bits per heavy atom. The summed E-state index contributed by atoms with van der Waals surface area (Å²) < 4.78 is 5.44. The van der Waals surface area contributed by atoms with Crippen molar-refractivity contribution in [3.05, 3.63) is 48.6 Å². The third-order valence-electron chi connectivity index (χ3n) is 12.3. The molecule has 0 heterocycles. The summed E-state index contributed by atoms with van der Waals surface area (Å²) in [5.41, 5.74) is 0. The fourth-order valence-electron chi connectivity index (χ4n) is 8.07. The van der Waals surface area contributed by atoms with Crippen molar-refractivity contribution in [3.8, 4) is 0 Å². The lowest BCUT2D eigenvalue weighted by atomic mass is 10.0. The highest BCUT2D eigenvalue weighted by Crippen LogP contribution is 2.15. The van der Waals surface area contributed by atoms with Crippen molar-refractivity contribution >= 4 is 11.9 Å². The maximum absolute atomic E-state index is 12.4. The molecular weight excluding hydrogens is 779 g/mol. The van der Waals surface area contributed by atoms with Crippen molar-refractivity contribution in [1.82, 2.24) is 5.32 Å². The summed E-state index contributed by atoms with van der Waals surface area (Å²) in [6.07, 6.45) is 65.5. The molecule has 368 valence electrons. The van der Waals surface area contributed by atoms with Crippen LogP contribution in [-0.4, -0.2) is 47.4 Å². The molecular formula is C57H105NO5. The molecule has 6 nitrogen and oxygen atoms in total. The molecule has 0 saturated carbocycles. The average Bonchev–Trinajstić information content (AvgIpc) is 3.28. The normalized spacial score (nSPS) is 13.0. The molecule has 1 amide bonds. The number of amides is 1. The maximum atomic E-state index is 12.4. The number of hydrogen-bond donors (Lipinski definition) is 3. The molecule has 6 heteroatoms. The Bertz CT molecular complexity index is 1070. The zero-order valence-corrected chi connectivity index (χ0v) is 41.8. The van der Waals surface area contributed by atoms with Crippen molar-refractivity contribution in [2.75, 3.05) is 13.2 Å². The van der Waals surface area contributed by atoms with E-state index < -0.39 is 12.1 Å². The molecule has 0 aliphatic rings. The largest absolute Gasteiger partial charge is 0.466 e. The van der Waals surface area contributed by atoms with E-state index in [0.717, 1.165) is 83.5 Å². The predicted molar refractivity (Wildman–Crippen MR) is 273 cm³/mol. The summed E-state index contributed by atoms with van der Waals surface area (Å²) in [7, 11) is 0. The molecule has 2 atom stereocenters. The molecule has 0 saturated heterocycles. The Labute approximate surface area is 391 Å². The molecule has 2 unspecified atom stereocenters. The first-order valence-electron chi connectivity index (χ1n) is 27.4. The first-order chi connectivity index (χ1) is 31.0. The highest BCUT2D eigenvalue weighted by atomic mass is 16.5. The van der Waals surface area contributed by atoms with Gasteiger partial charge in [-0.3, -0.25) is 9.59 Å². The number of ether oxygens (including phenoxy) is 1. The fourth-order valence-corrected chi connectivity index (χ4v) is 8.07. The van der Waals surface area contributed by atoms with Crippen LogP contribution in [-0.2, 0) is 14.3 Å². The topological polar surface area (TPSA) is 95.9 Å². The first-order valence-corrected chi connectivity index (χ1v) is 27.4. The number of rotatable bonds is 50. The van der Waals surface area contributed by atoms with Gasteiger partial charge in [-0.25, -0.2) is 0 Å². The standard InChI is InChI=1S/C57H105NO5/c1-3-5-7-9-11-13-15-17-19-21-22-24-26-28-30-35-39-43-47-51-57(62)63-52-48-44-40-36-32-31-34-38-42-46-50-56(61)58-54(53-59)55(60)49-45-41-37-33-29-27-25-23-20-18-16-14-12-10-8-6-4-2/h11,13,17,19,32,36,45,49,54-55,59-60H,3-10,12,14-16,18,20-31,33-35,37-44,46-48,50-53H2,1-2H3,(H,58,61)/b13-11-,19-17-,36-32-,49-45+. The molecule has 0 spiro atoms. The summed E-state index contributed by atoms with van der Waals surface area (Å²) in [4.78, 5) is 24.5. The average molecular weight is 884 g/mol. The highest BCUT2D eigenvalue weighted by Gasteiger charge is 2.18. The van der Waals surface area contributed by atoms with E-state index in [-0.39, 0.29) is 18.5 Å². The number of carbonyl (C=O) groups excluding carboxylic acids is 2. The lowest BCUT2D eigenvalue weighted by molar-refractivity contribution is -0.143. The van der Waals surface area contributed by atoms with Gasteiger partial charge in [-0.1, -0.05) is 223 Å². The minimum Gasteiger partial charge on any atom is -0.466 e. The molecule has 0 bridgehead atoms. The zero-order chi connectivity index (χ0) is 45.8. The third kappa shape index (κ3) is 49.1. The SMILES string of the molecule is CCCCC/C=C\C/C=C\CCCCCCCCCCCC(=O)OCCCC/C=C\CCCCCCC(=O)NC(CO)C(O)/C=C/CCCCCCCCCCCCCCCCC. The van der Waals surface area contributed by atoms with Crippen LogP contribution in [0.1, 0.15) is 277 Å². The zero-order valence-electron chi connectivity index (χ0n) is 41.8. The van der Waals surface area contributed by atoms with Crippen LogP contribution in [0.3, 0.4) is 0 Å². The van der Waals surface area contributed by atoms with Crippen LogP contribution in [0.5, 0.6) is 0 Å². The van der Waals surface area contributed by atoms with Gasteiger partial charge in [0.15, 0.2) is 0 Å². The fraction of sp³-hybridized carbons (Fsp3) is 0.825. The second kappa shape index (κ2) is 52.4. The van der Waals surface area contributed by atoms with E-state index in [0.29, 0.717) is 19.4 Å². The summed E-state index contributed by atoms with van der Waals surface area (Å²) in [5, 5.41) is 23.1. The molecule has 0 aromatic carbocycles. The molecule has 3 N–H and O–H groups in total. The van der Waals surface area contributed by atoms with Crippen molar-refractivity contribution in [2.24, 2.45) is 0 Å². The summed E-state index contributed by atoms with van der Waals surface area (Å²) in [5.74, 6) is -0.147. The summed E-state index contributed by atoms with van der Waals surface area (Å²) >= 11 is 0. The predicted octanol–water partition coefficient (Wildman–Crippen LogP) is 16.6. The van der Waals surface area contributed by atoms with Crippen molar-refractivity contribution in [3.63, 3.8) is 0 Å². The number of unbranched alkanes of at least 4 members (excludes halogenated alkanes) is 33. The van der Waals surface area contributed by atoms with Crippen LogP contribution in [0.25, 0.3) is 0 Å². The number of aliphatic hydroxyl groups excluding tert-OH is 2. The monoisotopic (exact) mass is 884 g/mol. The second-order valence-electron chi connectivity index (χ2n) is 18.5. The van der Waals surface area contributed by atoms with Gasteiger partial charge in [0.2, 0.25) is 5.91 Å². The van der Waals surface area contributed by atoms with Gasteiger partial charge in [0.1, 0.15) is 0 Å². The summed E-state index contributed by atoms with van der Waals surface area (Å²) in [6, 6.07) is -0.655. The molecule has 0 aromatic rings. The van der Waals surface area contributed by atoms with E-state index in [1.165, 1.54) is 167 Å². The smallest absolute Gasteiger partial charge is 0.305 e. The quantitative estimate of drug-likeness (QED) is 0.0321. The van der Waals surface area contributed by atoms with Gasteiger partial charge in [0, 0.05) is 12.8 Å². The van der Waals surface area contributed by atoms with E-state index in [1.54, 1.807) is 6.08 Å². The minimum absolute atomic E-state index is 0.0427. The van der Waals surface area contributed by atoms with Gasteiger partial charge in [0.25, 0.3) is 0 Å². The Balaban J connectivity index is 3.55. The molecule has 0 radical (unpaired) electrons. The molecule has 0 aliphatic carbocycles. The lowest BCUT2D eigenvalue weighted by Crippen LogP contribution is -2.45. The molecule has 63 heavy (non-hydrogen) atoms. The Hall–Kier alpha value is -2.18. The lowest BCUT2D eigenvalue weighted by Gasteiger charge is -2.20. The van der Waals surface area contributed by atoms with Crippen LogP contribution in [0, 0.1) is 0 Å². The van der Waals surface area contributed by atoms with Gasteiger partial charge in [-0.15, -0.1) is 0 Å². The maximum Gasteiger partial charge on any atom is 0.305 e. The first kappa shape index (κ1) is 60.8. The van der Waals surface area contributed by atoms with Crippen molar-refractivity contribution in [1.29, 1.82) is 0 Å². The highest BCUT2D eigenvalue weighted by molar-refractivity contribution is 5.76. The number of carbonyl (C=O) groups is 2.